The number of nitrogens with one attached hydrogen (secondary N) is 1. The summed E-state index contributed by atoms with van der Waals surface area (Å²) in [5.41, 5.74) is 11.1. The molecule has 6 heteroatoms. The Bertz CT molecular complexity index is 168. The number of rotatable bonds is 10. The molecule has 0 heterocycles. The molecule has 0 radical (unpaired) electrons. The van der Waals surface area contributed by atoms with E-state index in [0.29, 0.717) is 19.1 Å². The lowest BCUT2D eigenvalue weighted by atomic mass is 10.1. The van der Waals surface area contributed by atoms with Crippen LogP contribution in [0.4, 0.5) is 0 Å². The van der Waals surface area contributed by atoms with Gasteiger partial charge in [0, 0.05) is 39.9 Å². The molecule has 0 rings (SSSR count). The summed E-state index contributed by atoms with van der Waals surface area (Å²) < 4.78 is 10.9. The Morgan fingerprint density at radius 2 is 1.88 bits per heavy atom. The summed E-state index contributed by atoms with van der Waals surface area (Å²) in [5, 5.41) is 3.33. The maximum Gasteiger partial charge on any atom is 0.334 e. The zero-order valence-electron chi connectivity index (χ0n) is 10.8. The van der Waals surface area contributed by atoms with Crippen molar-refractivity contribution in [2.45, 2.75) is 31.5 Å². The van der Waals surface area contributed by atoms with Crippen LogP contribution in [-0.2, 0) is 8.85 Å². The van der Waals surface area contributed by atoms with Crippen molar-refractivity contribution in [3.63, 3.8) is 0 Å². The molecule has 0 saturated carbocycles. The highest BCUT2D eigenvalue weighted by atomic mass is 28.4. The first-order chi connectivity index (χ1) is 7.61. The predicted octanol–water partition coefficient (Wildman–Crippen LogP) is 0.00700. The van der Waals surface area contributed by atoms with Crippen molar-refractivity contribution < 1.29 is 8.85 Å². The molecule has 0 amide bonds. The average Bonchev–Trinajstić information content (AvgIpc) is 2.33. The monoisotopic (exact) mass is 249 g/mol. The molecule has 0 aliphatic heterocycles. The van der Waals surface area contributed by atoms with Gasteiger partial charge in [-0.3, -0.25) is 0 Å². The van der Waals surface area contributed by atoms with Crippen LogP contribution in [0, 0.1) is 0 Å². The Labute approximate surface area is 100 Å². The van der Waals surface area contributed by atoms with E-state index in [2.05, 4.69) is 11.9 Å². The van der Waals surface area contributed by atoms with Crippen molar-refractivity contribution in [3.8, 4) is 0 Å². The van der Waals surface area contributed by atoms with E-state index in [1.165, 1.54) is 0 Å². The molecular formula is C10H27N3O2Si. The van der Waals surface area contributed by atoms with Crippen LogP contribution >= 0.6 is 0 Å². The molecule has 98 valence electrons. The predicted molar refractivity (Wildman–Crippen MR) is 69.6 cm³/mol. The smallest absolute Gasteiger partial charge is 0.334 e. The minimum absolute atomic E-state index is 0.357. The van der Waals surface area contributed by atoms with Gasteiger partial charge in [0.15, 0.2) is 0 Å². The second kappa shape index (κ2) is 9.09. The van der Waals surface area contributed by atoms with E-state index in [1.807, 2.05) is 0 Å². The standard InChI is InChI=1S/C10H27N3O2Si/c1-14-16(3,15-2)8-4-5-10(9-12)13-7-6-11/h10,13H,4-9,11-12H2,1-3H3. The molecule has 5 N–H and O–H groups in total. The number of hydrogen-bond acceptors (Lipinski definition) is 5. The summed E-state index contributed by atoms with van der Waals surface area (Å²) in [7, 11) is 1.55. The van der Waals surface area contributed by atoms with E-state index >= 15 is 0 Å². The Balaban J connectivity index is 3.76. The van der Waals surface area contributed by atoms with Crippen molar-refractivity contribution in [2.24, 2.45) is 11.5 Å². The molecule has 0 bridgehead atoms. The summed E-state index contributed by atoms with van der Waals surface area (Å²) >= 11 is 0. The van der Waals surface area contributed by atoms with Gasteiger partial charge in [-0.15, -0.1) is 0 Å². The molecule has 16 heavy (non-hydrogen) atoms. The molecule has 0 aromatic carbocycles. The van der Waals surface area contributed by atoms with Crippen LogP contribution < -0.4 is 16.8 Å². The fourth-order valence-corrected chi connectivity index (χ4v) is 2.97. The van der Waals surface area contributed by atoms with Crippen molar-refractivity contribution in [2.75, 3.05) is 33.9 Å². The van der Waals surface area contributed by atoms with Gasteiger partial charge in [-0.1, -0.05) is 0 Å². The first kappa shape index (κ1) is 16.0. The molecule has 0 aliphatic rings. The number of nitrogens with two attached hydrogens (primary N) is 2. The fourth-order valence-electron chi connectivity index (χ4n) is 1.55. The van der Waals surface area contributed by atoms with Gasteiger partial charge in [0.2, 0.25) is 0 Å². The topological polar surface area (TPSA) is 82.5 Å². The normalized spacial score (nSPS) is 14.1. The van der Waals surface area contributed by atoms with Gasteiger partial charge in [-0.2, -0.15) is 0 Å². The van der Waals surface area contributed by atoms with Crippen LogP contribution in [0.5, 0.6) is 0 Å². The molecule has 0 fully saturated rings. The van der Waals surface area contributed by atoms with Gasteiger partial charge in [-0.25, -0.2) is 0 Å². The van der Waals surface area contributed by atoms with Crippen LogP contribution in [0.2, 0.25) is 12.6 Å². The third kappa shape index (κ3) is 6.57. The van der Waals surface area contributed by atoms with E-state index in [1.54, 1.807) is 14.2 Å². The van der Waals surface area contributed by atoms with Gasteiger partial charge in [0.1, 0.15) is 0 Å². The van der Waals surface area contributed by atoms with E-state index in [-0.39, 0.29) is 0 Å². The Morgan fingerprint density at radius 3 is 2.31 bits per heavy atom. The minimum atomic E-state index is -1.90. The van der Waals surface area contributed by atoms with Crippen molar-refractivity contribution in [3.05, 3.63) is 0 Å². The molecule has 0 aromatic heterocycles. The molecule has 1 atom stereocenters. The molecule has 0 saturated heterocycles. The van der Waals surface area contributed by atoms with Crippen molar-refractivity contribution in [1.29, 1.82) is 0 Å². The first-order valence-corrected chi connectivity index (χ1v) is 8.38. The summed E-state index contributed by atoms with van der Waals surface area (Å²) in [6, 6.07) is 1.36. The lowest BCUT2D eigenvalue weighted by Gasteiger charge is -2.24. The molecule has 5 nitrogen and oxygen atoms in total. The lowest BCUT2D eigenvalue weighted by molar-refractivity contribution is 0.247. The maximum atomic E-state index is 5.67. The Hall–Kier alpha value is 0.0169. The SMILES string of the molecule is CO[Si](C)(CCCC(CN)NCCN)OC. The summed E-state index contributed by atoms with van der Waals surface area (Å²) in [5.74, 6) is 0. The molecule has 0 aromatic rings. The minimum Gasteiger partial charge on any atom is -0.398 e. The van der Waals surface area contributed by atoms with Crippen LogP contribution in [0.25, 0.3) is 0 Å². The zero-order valence-corrected chi connectivity index (χ0v) is 11.8. The van der Waals surface area contributed by atoms with Gasteiger partial charge in [0.25, 0.3) is 0 Å². The van der Waals surface area contributed by atoms with E-state index < -0.39 is 8.56 Å². The number of hydrogen-bond donors (Lipinski definition) is 3. The van der Waals surface area contributed by atoms with E-state index in [4.69, 9.17) is 20.3 Å². The van der Waals surface area contributed by atoms with Crippen LogP contribution in [0.3, 0.4) is 0 Å². The maximum absolute atomic E-state index is 5.67. The van der Waals surface area contributed by atoms with Crippen LogP contribution in [0.1, 0.15) is 12.8 Å². The van der Waals surface area contributed by atoms with Crippen molar-refractivity contribution in [1.82, 2.24) is 5.32 Å². The largest absolute Gasteiger partial charge is 0.398 e. The van der Waals surface area contributed by atoms with Gasteiger partial charge in [-0.05, 0) is 25.4 Å². The van der Waals surface area contributed by atoms with Gasteiger partial charge in [0.05, 0.1) is 0 Å². The third-order valence-corrected chi connectivity index (χ3v) is 5.90. The van der Waals surface area contributed by atoms with E-state index in [0.717, 1.165) is 25.4 Å². The molecule has 0 aliphatic carbocycles. The molecular weight excluding hydrogens is 222 g/mol. The quantitative estimate of drug-likeness (QED) is 0.475. The first-order valence-electron chi connectivity index (χ1n) is 5.85. The van der Waals surface area contributed by atoms with Crippen molar-refractivity contribution >= 4 is 8.56 Å². The third-order valence-electron chi connectivity index (χ3n) is 2.91. The second-order valence-corrected chi connectivity index (χ2v) is 7.69. The molecule has 1 unspecified atom stereocenters. The fraction of sp³-hybridized carbons (Fsp3) is 1.00. The highest BCUT2D eigenvalue weighted by molar-refractivity contribution is 6.65. The summed E-state index contributed by atoms with van der Waals surface area (Å²) in [6.07, 6.45) is 2.12. The van der Waals surface area contributed by atoms with Crippen LogP contribution in [0.15, 0.2) is 0 Å². The lowest BCUT2D eigenvalue weighted by Crippen LogP contribution is -2.40. The highest BCUT2D eigenvalue weighted by Crippen LogP contribution is 2.15. The van der Waals surface area contributed by atoms with Gasteiger partial charge >= 0.3 is 8.56 Å². The van der Waals surface area contributed by atoms with Crippen LogP contribution in [-0.4, -0.2) is 48.5 Å². The molecule has 0 spiro atoms. The second-order valence-electron chi connectivity index (χ2n) is 4.11. The highest BCUT2D eigenvalue weighted by Gasteiger charge is 2.28. The summed E-state index contributed by atoms with van der Waals surface area (Å²) in [4.78, 5) is 0. The van der Waals surface area contributed by atoms with Gasteiger partial charge < -0.3 is 25.6 Å². The van der Waals surface area contributed by atoms with E-state index in [9.17, 15) is 0 Å². The Kier molecular flexibility index (Phi) is 9.10. The Morgan fingerprint density at radius 1 is 1.25 bits per heavy atom. The summed E-state index contributed by atoms with van der Waals surface area (Å²) in [6.45, 7) is 4.21. The average molecular weight is 249 g/mol. The zero-order chi connectivity index (χ0) is 12.4.